The average molecular weight is 226 g/mol. The molecule has 2 atom stereocenters. The summed E-state index contributed by atoms with van der Waals surface area (Å²) < 4.78 is 12.0. The molecule has 0 radical (unpaired) electrons. The van der Waals surface area contributed by atoms with E-state index in [0.717, 1.165) is 17.7 Å². The molecule has 0 saturated carbocycles. The summed E-state index contributed by atoms with van der Waals surface area (Å²) in [6, 6.07) is 0. The lowest BCUT2D eigenvalue weighted by Gasteiger charge is -2.36. The molecule has 0 rings (SSSR count). The van der Waals surface area contributed by atoms with Gasteiger partial charge in [0.2, 0.25) is 6.23 Å². The number of ether oxygens (including phenoxy) is 2. The molecule has 88 valence electrons. The molecule has 0 aliphatic heterocycles. The zero-order valence-electron chi connectivity index (χ0n) is 10.2. The maximum atomic E-state index is 5.67. The van der Waals surface area contributed by atoms with Gasteiger partial charge in [-0.1, -0.05) is 0 Å². The Morgan fingerprint density at radius 1 is 1.00 bits per heavy atom. The van der Waals surface area contributed by atoms with Crippen LogP contribution in [0.15, 0.2) is 0 Å². The molecule has 0 N–H and O–H groups in total. The first-order valence-electron chi connectivity index (χ1n) is 4.97. The van der Waals surface area contributed by atoms with Crippen LogP contribution >= 0.6 is 0 Å². The van der Waals surface area contributed by atoms with Crippen LogP contribution in [0.4, 0.5) is 0 Å². The third kappa shape index (κ3) is 5.81. The van der Waals surface area contributed by atoms with Gasteiger partial charge < -0.3 is 26.4 Å². The zero-order valence-corrected chi connectivity index (χ0v) is 11.0. The van der Waals surface area contributed by atoms with E-state index in [-0.39, 0.29) is 24.7 Å². The van der Waals surface area contributed by atoms with E-state index in [4.69, 9.17) is 9.47 Å². The largest absolute Gasteiger partial charge is 1.00 e. The summed E-state index contributed by atoms with van der Waals surface area (Å²) in [7, 11) is 6.36. The molecule has 3 nitrogen and oxygen atoms in total. The minimum Gasteiger partial charge on any atom is -1.00 e. The summed E-state index contributed by atoms with van der Waals surface area (Å²) in [5.74, 6) is 0. The summed E-state index contributed by atoms with van der Waals surface area (Å²) in [5, 5.41) is 0. The van der Waals surface area contributed by atoms with Gasteiger partial charge in [0, 0.05) is 6.61 Å². The number of quaternary nitrogens is 1. The molecule has 4 heteroatoms. The molecule has 0 amide bonds. The molecule has 0 fully saturated rings. The van der Waals surface area contributed by atoms with Gasteiger partial charge in [-0.2, -0.15) is 0 Å². The molecular weight excluding hydrogens is 202 g/mol. The second-order valence-electron chi connectivity index (χ2n) is 4.12. The molecule has 0 spiro atoms. The molecule has 14 heavy (non-hydrogen) atoms. The number of hydrogen-bond donors (Lipinski definition) is 0. The van der Waals surface area contributed by atoms with Crippen LogP contribution in [0.2, 0.25) is 0 Å². The minimum absolute atomic E-state index is 0. The normalized spacial score (nSPS) is 15.9. The second-order valence-corrected chi connectivity index (χ2v) is 4.12. The maximum absolute atomic E-state index is 5.67. The highest BCUT2D eigenvalue weighted by molar-refractivity contribution is 4.55. The number of likely N-dealkylation sites (N-methyl/N-ethyl adjacent to an activating group) is 1. The van der Waals surface area contributed by atoms with Gasteiger partial charge >= 0.3 is 0 Å². The molecule has 0 aliphatic carbocycles. The molecule has 2 unspecified atom stereocenters. The molecule has 0 saturated heterocycles. The summed E-state index contributed by atoms with van der Waals surface area (Å²) in [4.78, 5) is 0. The average Bonchev–Trinajstić information content (AvgIpc) is 1.98. The van der Waals surface area contributed by atoms with Crippen molar-refractivity contribution in [3.05, 3.63) is 0 Å². The van der Waals surface area contributed by atoms with Crippen molar-refractivity contribution in [2.45, 2.75) is 33.1 Å². The number of nitrogens with zero attached hydrogens (tertiary/aromatic N) is 1. The van der Waals surface area contributed by atoms with Gasteiger partial charge in [0.15, 0.2) is 0 Å². The molecule has 0 bridgehead atoms. The van der Waals surface area contributed by atoms with Crippen LogP contribution in [0, 0.1) is 0 Å². The van der Waals surface area contributed by atoms with Gasteiger partial charge in [0.05, 0.1) is 27.7 Å². The van der Waals surface area contributed by atoms with E-state index in [1.165, 1.54) is 0 Å². The van der Waals surface area contributed by atoms with Crippen LogP contribution in [0.1, 0.15) is 20.8 Å². The Hall–Kier alpha value is 0.170. The van der Waals surface area contributed by atoms with E-state index < -0.39 is 0 Å². The third-order valence-corrected chi connectivity index (χ3v) is 1.93. The van der Waals surface area contributed by atoms with Gasteiger partial charge in [-0.25, -0.2) is 0 Å². The summed E-state index contributed by atoms with van der Waals surface area (Å²) in [5.41, 5.74) is 0. The SMILES string of the molecule is CCOC(C)C(OCC)[N+](C)(C)C.[Cl-]. The van der Waals surface area contributed by atoms with E-state index in [2.05, 4.69) is 28.1 Å². The Morgan fingerprint density at radius 2 is 1.43 bits per heavy atom. The minimum atomic E-state index is 0. The van der Waals surface area contributed by atoms with Crippen molar-refractivity contribution < 1.29 is 26.4 Å². The predicted octanol–water partition coefficient (Wildman–Crippen LogP) is -1.52. The van der Waals surface area contributed by atoms with Crippen LogP contribution in [-0.4, -0.2) is 51.2 Å². The zero-order chi connectivity index (χ0) is 10.5. The number of rotatable bonds is 6. The lowest BCUT2D eigenvalue weighted by atomic mass is 10.3. The first kappa shape index (κ1) is 16.6. The molecule has 0 aliphatic rings. The maximum Gasteiger partial charge on any atom is 0.219 e. The van der Waals surface area contributed by atoms with Crippen molar-refractivity contribution in [3.63, 3.8) is 0 Å². The summed E-state index contributed by atoms with van der Waals surface area (Å²) >= 11 is 0. The lowest BCUT2D eigenvalue weighted by Crippen LogP contribution is -3.00. The number of halogens is 1. The van der Waals surface area contributed by atoms with E-state index in [0.29, 0.717) is 0 Å². The Kier molecular flexibility index (Phi) is 8.84. The Labute approximate surface area is 94.4 Å². The van der Waals surface area contributed by atoms with Gasteiger partial charge in [-0.15, -0.1) is 0 Å². The molecule has 0 aromatic rings. The van der Waals surface area contributed by atoms with Crippen molar-refractivity contribution in [1.29, 1.82) is 0 Å². The molecular formula is C10H24ClNO2. The highest BCUT2D eigenvalue weighted by Gasteiger charge is 2.30. The first-order chi connectivity index (χ1) is 5.93. The van der Waals surface area contributed by atoms with Crippen LogP contribution in [-0.2, 0) is 9.47 Å². The predicted molar refractivity (Wildman–Crippen MR) is 54.5 cm³/mol. The highest BCUT2D eigenvalue weighted by Crippen LogP contribution is 2.12. The van der Waals surface area contributed by atoms with Crippen molar-refractivity contribution in [3.8, 4) is 0 Å². The first-order valence-corrected chi connectivity index (χ1v) is 4.97. The fourth-order valence-electron chi connectivity index (χ4n) is 1.50. The van der Waals surface area contributed by atoms with E-state index in [1.807, 2.05) is 13.8 Å². The fourth-order valence-corrected chi connectivity index (χ4v) is 1.50. The van der Waals surface area contributed by atoms with E-state index in [1.54, 1.807) is 0 Å². The van der Waals surface area contributed by atoms with Gasteiger partial charge in [-0.05, 0) is 20.8 Å². The molecule has 0 heterocycles. The molecule has 0 aromatic heterocycles. The third-order valence-electron chi connectivity index (χ3n) is 1.93. The van der Waals surface area contributed by atoms with Gasteiger partial charge in [0.1, 0.15) is 6.10 Å². The van der Waals surface area contributed by atoms with Crippen molar-refractivity contribution in [1.82, 2.24) is 0 Å². The standard InChI is InChI=1S/C10H24NO2.ClH/c1-7-12-9(3)10(13-8-2)11(4,5)6;/h9-10H,7-8H2,1-6H3;1H/q+1;/p-1. The Bertz CT molecular complexity index is 137. The summed E-state index contributed by atoms with van der Waals surface area (Å²) in [6.45, 7) is 7.56. The second kappa shape index (κ2) is 7.46. The monoisotopic (exact) mass is 225 g/mol. The van der Waals surface area contributed by atoms with E-state index >= 15 is 0 Å². The van der Waals surface area contributed by atoms with Crippen LogP contribution in [0.3, 0.4) is 0 Å². The van der Waals surface area contributed by atoms with Crippen molar-refractivity contribution >= 4 is 0 Å². The van der Waals surface area contributed by atoms with E-state index in [9.17, 15) is 0 Å². The van der Waals surface area contributed by atoms with Crippen molar-refractivity contribution in [2.75, 3.05) is 34.4 Å². The van der Waals surface area contributed by atoms with Gasteiger partial charge in [0.25, 0.3) is 0 Å². The fraction of sp³-hybridized carbons (Fsp3) is 1.00. The number of hydrogen-bond acceptors (Lipinski definition) is 2. The highest BCUT2D eigenvalue weighted by atomic mass is 35.5. The van der Waals surface area contributed by atoms with Crippen molar-refractivity contribution in [2.24, 2.45) is 0 Å². The lowest BCUT2D eigenvalue weighted by molar-refractivity contribution is -0.923. The quantitative estimate of drug-likeness (QED) is 0.404. The Morgan fingerprint density at radius 3 is 1.71 bits per heavy atom. The smallest absolute Gasteiger partial charge is 0.219 e. The summed E-state index contributed by atoms with van der Waals surface area (Å²) in [6.07, 6.45) is 0.259. The Balaban J connectivity index is 0. The van der Waals surface area contributed by atoms with Crippen LogP contribution in [0.25, 0.3) is 0 Å². The molecule has 0 aromatic carbocycles. The van der Waals surface area contributed by atoms with Crippen LogP contribution in [0.5, 0.6) is 0 Å². The van der Waals surface area contributed by atoms with Gasteiger partial charge in [-0.3, -0.25) is 0 Å². The van der Waals surface area contributed by atoms with Crippen LogP contribution < -0.4 is 12.4 Å². The topological polar surface area (TPSA) is 18.5 Å².